The second kappa shape index (κ2) is 5.68. The van der Waals surface area contributed by atoms with Crippen LogP contribution in [-0.2, 0) is 13.0 Å². The van der Waals surface area contributed by atoms with Crippen molar-refractivity contribution in [3.05, 3.63) is 64.7 Å². The zero-order valence-electron chi connectivity index (χ0n) is 12.1. The summed E-state index contributed by atoms with van der Waals surface area (Å²) < 4.78 is 5.96. The van der Waals surface area contributed by atoms with Crippen molar-refractivity contribution in [1.29, 1.82) is 0 Å². The Labute approximate surface area is 120 Å². The van der Waals surface area contributed by atoms with Crippen LogP contribution in [0.3, 0.4) is 0 Å². The number of hydrogen-bond donors (Lipinski definition) is 1. The average molecular weight is 267 g/mol. The largest absolute Gasteiger partial charge is 0.488 e. The van der Waals surface area contributed by atoms with Crippen molar-refractivity contribution in [2.24, 2.45) is 0 Å². The third-order valence-electron chi connectivity index (χ3n) is 3.74. The van der Waals surface area contributed by atoms with Crippen LogP contribution in [0, 0.1) is 13.8 Å². The molecular formula is C18H21NO. The Balaban J connectivity index is 1.51. The Kier molecular flexibility index (Phi) is 3.75. The molecule has 1 aliphatic rings. The van der Waals surface area contributed by atoms with E-state index in [1.807, 2.05) is 0 Å². The van der Waals surface area contributed by atoms with E-state index in [4.69, 9.17) is 4.74 Å². The minimum atomic E-state index is 0.261. The Hall–Kier alpha value is -1.80. The van der Waals surface area contributed by atoms with E-state index in [2.05, 4.69) is 61.6 Å². The molecule has 1 heterocycles. The second-order valence-corrected chi connectivity index (χ2v) is 5.68. The van der Waals surface area contributed by atoms with Crippen LogP contribution in [0.2, 0.25) is 0 Å². The minimum absolute atomic E-state index is 0.261. The van der Waals surface area contributed by atoms with Gasteiger partial charge < -0.3 is 10.1 Å². The van der Waals surface area contributed by atoms with Crippen LogP contribution in [0.5, 0.6) is 5.75 Å². The maximum Gasteiger partial charge on any atom is 0.123 e. The van der Waals surface area contributed by atoms with Crippen molar-refractivity contribution in [2.45, 2.75) is 32.9 Å². The highest BCUT2D eigenvalue weighted by Crippen LogP contribution is 2.29. The number of hydrogen-bond acceptors (Lipinski definition) is 2. The molecule has 1 N–H and O–H groups in total. The summed E-state index contributed by atoms with van der Waals surface area (Å²) in [5.74, 6) is 1.05. The van der Waals surface area contributed by atoms with Gasteiger partial charge in [0.1, 0.15) is 11.9 Å². The average Bonchev–Trinajstić information content (AvgIpc) is 2.80. The summed E-state index contributed by atoms with van der Waals surface area (Å²) >= 11 is 0. The molecule has 2 nitrogen and oxygen atoms in total. The summed E-state index contributed by atoms with van der Waals surface area (Å²) in [7, 11) is 0. The summed E-state index contributed by atoms with van der Waals surface area (Å²) in [6.45, 7) is 6.05. The molecule has 2 aromatic carbocycles. The highest BCUT2D eigenvalue weighted by atomic mass is 16.5. The van der Waals surface area contributed by atoms with Crippen LogP contribution in [0.4, 0.5) is 0 Å². The highest BCUT2D eigenvalue weighted by molar-refractivity contribution is 5.40. The molecular weight excluding hydrogens is 246 g/mol. The zero-order chi connectivity index (χ0) is 13.9. The number of ether oxygens (including phenoxy) is 1. The van der Waals surface area contributed by atoms with Crippen LogP contribution >= 0.6 is 0 Å². The molecule has 0 saturated heterocycles. The van der Waals surface area contributed by atoms with Crippen molar-refractivity contribution in [1.82, 2.24) is 5.32 Å². The first-order valence-corrected chi connectivity index (χ1v) is 7.23. The van der Waals surface area contributed by atoms with Gasteiger partial charge in [-0.1, -0.05) is 47.5 Å². The normalized spacial score (nSPS) is 16.8. The van der Waals surface area contributed by atoms with E-state index in [0.717, 1.165) is 25.3 Å². The Bertz CT molecular complexity index is 606. The van der Waals surface area contributed by atoms with E-state index in [1.165, 1.54) is 22.3 Å². The first-order chi connectivity index (χ1) is 9.70. The molecule has 0 amide bonds. The lowest BCUT2D eigenvalue weighted by molar-refractivity contribution is 0.227. The fraction of sp³-hybridized carbons (Fsp3) is 0.333. The van der Waals surface area contributed by atoms with Crippen LogP contribution in [-0.4, -0.2) is 12.6 Å². The van der Waals surface area contributed by atoms with Gasteiger partial charge in [-0.05, 0) is 31.0 Å². The number of fused-ring (bicyclic) bond motifs is 1. The van der Waals surface area contributed by atoms with Crippen LogP contribution in [0.15, 0.2) is 42.5 Å². The predicted molar refractivity (Wildman–Crippen MR) is 82.2 cm³/mol. The Morgan fingerprint density at radius 2 is 1.95 bits per heavy atom. The van der Waals surface area contributed by atoms with E-state index >= 15 is 0 Å². The van der Waals surface area contributed by atoms with Crippen molar-refractivity contribution in [3.63, 3.8) is 0 Å². The summed E-state index contributed by atoms with van der Waals surface area (Å²) in [5, 5.41) is 3.50. The zero-order valence-corrected chi connectivity index (χ0v) is 12.1. The molecule has 0 spiro atoms. The Morgan fingerprint density at radius 3 is 2.80 bits per heavy atom. The number of aryl methyl sites for hydroxylation is 2. The second-order valence-electron chi connectivity index (χ2n) is 5.68. The van der Waals surface area contributed by atoms with E-state index in [-0.39, 0.29) is 6.10 Å². The number of rotatable bonds is 4. The maximum absolute atomic E-state index is 5.96. The smallest absolute Gasteiger partial charge is 0.123 e. The third-order valence-corrected chi connectivity index (χ3v) is 3.74. The summed E-state index contributed by atoms with van der Waals surface area (Å²) in [4.78, 5) is 0. The molecule has 1 unspecified atom stereocenters. The number of benzene rings is 2. The van der Waals surface area contributed by atoms with Gasteiger partial charge in [-0.2, -0.15) is 0 Å². The molecule has 0 aromatic heterocycles. The van der Waals surface area contributed by atoms with Gasteiger partial charge in [0.15, 0.2) is 0 Å². The molecule has 20 heavy (non-hydrogen) atoms. The lowest BCUT2D eigenvalue weighted by Gasteiger charge is -2.12. The number of nitrogens with one attached hydrogen (secondary N) is 1. The molecule has 0 aliphatic carbocycles. The molecule has 2 heteroatoms. The molecule has 2 aromatic rings. The lowest BCUT2D eigenvalue weighted by atomic mass is 10.1. The quantitative estimate of drug-likeness (QED) is 0.916. The highest BCUT2D eigenvalue weighted by Gasteiger charge is 2.22. The van der Waals surface area contributed by atoms with Crippen LogP contribution in [0.25, 0.3) is 0 Å². The first-order valence-electron chi connectivity index (χ1n) is 7.23. The van der Waals surface area contributed by atoms with Crippen LogP contribution in [0.1, 0.15) is 22.3 Å². The topological polar surface area (TPSA) is 21.3 Å². The van der Waals surface area contributed by atoms with E-state index < -0.39 is 0 Å². The van der Waals surface area contributed by atoms with Crippen molar-refractivity contribution in [2.75, 3.05) is 6.54 Å². The Morgan fingerprint density at radius 1 is 1.10 bits per heavy atom. The molecule has 0 radical (unpaired) electrons. The summed E-state index contributed by atoms with van der Waals surface area (Å²) in [5.41, 5.74) is 5.29. The molecule has 1 atom stereocenters. The van der Waals surface area contributed by atoms with E-state index in [0.29, 0.717) is 0 Å². The SMILES string of the molecule is Cc1cccc(CNCC2Cc3cc(C)ccc3O2)c1. The van der Waals surface area contributed by atoms with Gasteiger partial charge in [-0.3, -0.25) is 0 Å². The van der Waals surface area contributed by atoms with Crippen molar-refractivity contribution in [3.8, 4) is 5.75 Å². The van der Waals surface area contributed by atoms with Crippen molar-refractivity contribution >= 4 is 0 Å². The van der Waals surface area contributed by atoms with Gasteiger partial charge in [0.2, 0.25) is 0 Å². The lowest BCUT2D eigenvalue weighted by Crippen LogP contribution is -2.29. The summed E-state index contributed by atoms with van der Waals surface area (Å²) in [6.07, 6.45) is 1.27. The fourth-order valence-corrected chi connectivity index (χ4v) is 2.76. The maximum atomic E-state index is 5.96. The fourth-order valence-electron chi connectivity index (χ4n) is 2.76. The molecule has 0 fully saturated rings. The molecule has 0 bridgehead atoms. The molecule has 1 aliphatic heterocycles. The van der Waals surface area contributed by atoms with Gasteiger partial charge >= 0.3 is 0 Å². The van der Waals surface area contributed by atoms with Gasteiger partial charge in [0, 0.05) is 19.5 Å². The van der Waals surface area contributed by atoms with Crippen molar-refractivity contribution < 1.29 is 4.74 Å². The van der Waals surface area contributed by atoms with E-state index in [1.54, 1.807) is 0 Å². The molecule has 0 saturated carbocycles. The monoisotopic (exact) mass is 267 g/mol. The minimum Gasteiger partial charge on any atom is -0.488 e. The first kappa shape index (κ1) is 13.2. The van der Waals surface area contributed by atoms with Gasteiger partial charge in [-0.25, -0.2) is 0 Å². The molecule has 104 valence electrons. The summed E-state index contributed by atoms with van der Waals surface area (Å²) in [6, 6.07) is 15.1. The van der Waals surface area contributed by atoms with Gasteiger partial charge in [-0.15, -0.1) is 0 Å². The third kappa shape index (κ3) is 3.02. The predicted octanol–water partition coefficient (Wildman–Crippen LogP) is 3.40. The standard InChI is InChI=1S/C18H21NO/c1-13-4-3-5-15(8-13)11-19-12-17-10-16-9-14(2)6-7-18(16)20-17/h3-9,17,19H,10-12H2,1-2H3. The molecule has 3 rings (SSSR count). The van der Waals surface area contributed by atoms with Gasteiger partial charge in [0.05, 0.1) is 0 Å². The van der Waals surface area contributed by atoms with Crippen LogP contribution < -0.4 is 10.1 Å². The van der Waals surface area contributed by atoms with Gasteiger partial charge in [0.25, 0.3) is 0 Å². The van der Waals surface area contributed by atoms with E-state index in [9.17, 15) is 0 Å².